The molecule has 0 aromatic rings. The second-order valence-electron chi connectivity index (χ2n) is 2.07. The van der Waals surface area contributed by atoms with Crippen LogP contribution in [0.2, 0.25) is 0 Å². The summed E-state index contributed by atoms with van der Waals surface area (Å²) in [5.74, 6) is 0.560. The Labute approximate surface area is 43.5 Å². The third-order valence-corrected chi connectivity index (χ3v) is 1.53. The normalized spacial score (nSPS) is 38.6. The minimum Gasteiger partial charge on any atom is -0.396 e. The molecule has 1 fully saturated rings. The summed E-state index contributed by atoms with van der Waals surface area (Å²) in [7, 11) is 1.93. The van der Waals surface area contributed by atoms with Crippen molar-refractivity contribution in [2.75, 3.05) is 13.7 Å². The molecule has 0 saturated heterocycles. The highest BCUT2D eigenvalue weighted by Crippen LogP contribution is 2.28. The summed E-state index contributed by atoms with van der Waals surface area (Å²) in [6.07, 6.45) is 1.16. The molecule has 0 unspecified atom stereocenters. The van der Waals surface area contributed by atoms with Gasteiger partial charge in [-0.25, -0.2) is 0 Å². The molecule has 0 aromatic heterocycles. The summed E-state index contributed by atoms with van der Waals surface area (Å²) in [4.78, 5) is 0. The van der Waals surface area contributed by atoms with Crippen LogP contribution in [0.15, 0.2) is 0 Å². The average Bonchev–Trinajstić information content (AvgIpc) is 2.43. The van der Waals surface area contributed by atoms with Crippen molar-refractivity contribution < 1.29 is 5.11 Å². The van der Waals surface area contributed by atoms with E-state index in [-0.39, 0.29) is 0 Å². The van der Waals surface area contributed by atoms with Crippen molar-refractivity contribution in [2.24, 2.45) is 5.92 Å². The first kappa shape index (κ1) is 5.06. The van der Waals surface area contributed by atoms with Gasteiger partial charge in [0.15, 0.2) is 0 Å². The van der Waals surface area contributed by atoms with Gasteiger partial charge in [-0.1, -0.05) is 0 Å². The molecule has 0 radical (unpaired) electrons. The van der Waals surface area contributed by atoms with Gasteiger partial charge in [-0.2, -0.15) is 0 Å². The van der Waals surface area contributed by atoms with Crippen molar-refractivity contribution in [3.05, 3.63) is 0 Å². The topological polar surface area (TPSA) is 32.3 Å². The second-order valence-corrected chi connectivity index (χ2v) is 2.07. The fraction of sp³-hybridized carbons (Fsp3) is 1.00. The lowest BCUT2D eigenvalue weighted by molar-refractivity contribution is 0.272. The summed E-state index contributed by atoms with van der Waals surface area (Å²) in [5.41, 5.74) is 0. The average molecular weight is 101 g/mol. The SMILES string of the molecule is CN[C@@H]1C[C@H]1CO. The molecular formula is C5H11NO. The predicted octanol–water partition coefficient (Wildman–Crippen LogP) is -0.413. The minimum absolute atomic E-state index is 0.353. The molecule has 1 saturated carbocycles. The predicted molar refractivity (Wildman–Crippen MR) is 28.0 cm³/mol. The quantitative estimate of drug-likeness (QED) is 0.495. The molecule has 42 valence electrons. The number of hydrogen-bond acceptors (Lipinski definition) is 2. The lowest BCUT2D eigenvalue weighted by Gasteiger charge is -1.88. The van der Waals surface area contributed by atoms with E-state index < -0.39 is 0 Å². The Kier molecular flexibility index (Phi) is 1.30. The lowest BCUT2D eigenvalue weighted by atomic mass is 10.4. The van der Waals surface area contributed by atoms with Crippen LogP contribution < -0.4 is 5.32 Å². The van der Waals surface area contributed by atoms with E-state index in [1.54, 1.807) is 0 Å². The summed E-state index contributed by atoms with van der Waals surface area (Å²) >= 11 is 0. The van der Waals surface area contributed by atoms with Gasteiger partial charge in [0.1, 0.15) is 0 Å². The van der Waals surface area contributed by atoms with Gasteiger partial charge in [-0.3, -0.25) is 0 Å². The largest absolute Gasteiger partial charge is 0.396 e. The first-order valence-electron chi connectivity index (χ1n) is 2.66. The Morgan fingerprint density at radius 3 is 2.71 bits per heavy atom. The van der Waals surface area contributed by atoms with Crippen molar-refractivity contribution in [1.29, 1.82) is 0 Å². The molecule has 1 rings (SSSR count). The Balaban J connectivity index is 2.06. The molecule has 0 heterocycles. The minimum atomic E-state index is 0.353. The summed E-state index contributed by atoms with van der Waals surface area (Å²) in [6, 6.07) is 0.616. The van der Waals surface area contributed by atoms with E-state index in [1.807, 2.05) is 7.05 Å². The van der Waals surface area contributed by atoms with Crippen LogP contribution in [-0.2, 0) is 0 Å². The molecule has 0 aromatic carbocycles. The molecule has 2 heteroatoms. The van der Waals surface area contributed by atoms with Gasteiger partial charge in [0.25, 0.3) is 0 Å². The third-order valence-electron chi connectivity index (χ3n) is 1.53. The molecule has 0 spiro atoms. The van der Waals surface area contributed by atoms with Gasteiger partial charge in [-0.15, -0.1) is 0 Å². The monoisotopic (exact) mass is 101 g/mol. The highest BCUT2D eigenvalue weighted by Gasteiger charge is 2.34. The second kappa shape index (κ2) is 1.80. The van der Waals surface area contributed by atoms with Crippen LogP contribution in [0.3, 0.4) is 0 Å². The van der Waals surface area contributed by atoms with Crippen molar-refractivity contribution in [1.82, 2.24) is 5.32 Å². The fourth-order valence-electron chi connectivity index (χ4n) is 0.803. The van der Waals surface area contributed by atoms with Crippen molar-refractivity contribution in [3.63, 3.8) is 0 Å². The zero-order valence-corrected chi connectivity index (χ0v) is 4.52. The van der Waals surface area contributed by atoms with Crippen LogP contribution >= 0.6 is 0 Å². The molecule has 1 aliphatic rings. The summed E-state index contributed by atoms with van der Waals surface area (Å²) in [5, 5.41) is 11.5. The molecule has 2 atom stereocenters. The highest BCUT2D eigenvalue weighted by atomic mass is 16.3. The number of aliphatic hydroxyl groups excluding tert-OH is 1. The van der Waals surface area contributed by atoms with Crippen LogP contribution in [-0.4, -0.2) is 24.8 Å². The van der Waals surface area contributed by atoms with E-state index >= 15 is 0 Å². The maximum atomic E-state index is 8.47. The Hall–Kier alpha value is -0.0800. The lowest BCUT2D eigenvalue weighted by Crippen LogP contribution is -2.11. The zero-order valence-electron chi connectivity index (χ0n) is 4.52. The van der Waals surface area contributed by atoms with Gasteiger partial charge >= 0.3 is 0 Å². The van der Waals surface area contributed by atoms with E-state index in [0.29, 0.717) is 18.6 Å². The number of aliphatic hydroxyl groups is 1. The summed E-state index contributed by atoms with van der Waals surface area (Å²) in [6.45, 7) is 0.353. The van der Waals surface area contributed by atoms with Gasteiger partial charge in [-0.05, 0) is 19.4 Å². The molecule has 2 nitrogen and oxygen atoms in total. The Bertz CT molecular complexity index is 57.1. The standard InChI is InChI=1S/C5H11NO/c1-6-5-2-4(5)3-7/h4-7H,2-3H2,1H3/t4-,5+/m0/s1. The maximum absolute atomic E-state index is 8.47. The number of hydrogen-bond donors (Lipinski definition) is 2. The van der Waals surface area contributed by atoms with E-state index in [2.05, 4.69) is 5.32 Å². The van der Waals surface area contributed by atoms with Crippen LogP contribution in [0.4, 0.5) is 0 Å². The van der Waals surface area contributed by atoms with Crippen LogP contribution in [0, 0.1) is 5.92 Å². The Morgan fingerprint density at radius 2 is 2.57 bits per heavy atom. The van der Waals surface area contributed by atoms with Crippen molar-refractivity contribution in [2.45, 2.75) is 12.5 Å². The smallest absolute Gasteiger partial charge is 0.0474 e. The van der Waals surface area contributed by atoms with Gasteiger partial charge in [0.05, 0.1) is 0 Å². The fourth-order valence-corrected chi connectivity index (χ4v) is 0.803. The van der Waals surface area contributed by atoms with Gasteiger partial charge in [0, 0.05) is 12.6 Å². The number of nitrogens with one attached hydrogen (secondary N) is 1. The molecule has 1 aliphatic carbocycles. The van der Waals surface area contributed by atoms with E-state index in [9.17, 15) is 0 Å². The first-order chi connectivity index (χ1) is 3.38. The van der Waals surface area contributed by atoms with Crippen molar-refractivity contribution >= 4 is 0 Å². The van der Waals surface area contributed by atoms with Crippen LogP contribution in [0.5, 0.6) is 0 Å². The maximum Gasteiger partial charge on any atom is 0.0474 e. The molecular weight excluding hydrogens is 90.1 g/mol. The molecule has 0 bridgehead atoms. The van der Waals surface area contributed by atoms with Crippen LogP contribution in [0.1, 0.15) is 6.42 Å². The zero-order chi connectivity index (χ0) is 5.28. The first-order valence-corrected chi connectivity index (χ1v) is 2.66. The van der Waals surface area contributed by atoms with Crippen LogP contribution in [0.25, 0.3) is 0 Å². The summed E-state index contributed by atoms with van der Waals surface area (Å²) < 4.78 is 0. The van der Waals surface area contributed by atoms with E-state index in [0.717, 1.165) is 6.42 Å². The Morgan fingerprint density at radius 1 is 1.86 bits per heavy atom. The highest BCUT2D eigenvalue weighted by molar-refractivity contribution is 4.90. The molecule has 2 N–H and O–H groups in total. The molecule has 0 amide bonds. The van der Waals surface area contributed by atoms with Crippen molar-refractivity contribution in [3.8, 4) is 0 Å². The third kappa shape index (κ3) is 0.924. The molecule has 7 heavy (non-hydrogen) atoms. The number of rotatable bonds is 2. The van der Waals surface area contributed by atoms with E-state index in [4.69, 9.17) is 5.11 Å². The van der Waals surface area contributed by atoms with Gasteiger partial charge in [0.2, 0.25) is 0 Å². The van der Waals surface area contributed by atoms with E-state index in [1.165, 1.54) is 0 Å². The molecule has 0 aliphatic heterocycles. The van der Waals surface area contributed by atoms with Gasteiger partial charge < -0.3 is 10.4 Å².